The molecule has 1 fully saturated rings. The van der Waals surface area contributed by atoms with Crippen LogP contribution >= 0.6 is 0 Å². The zero-order valence-corrected chi connectivity index (χ0v) is 10.1. The van der Waals surface area contributed by atoms with Crippen LogP contribution in [0.15, 0.2) is 24.3 Å². The summed E-state index contributed by atoms with van der Waals surface area (Å²) < 4.78 is 0. The van der Waals surface area contributed by atoms with Gasteiger partial charge in [-0.15, -0.1) is 0 Å². The highest BCUT2D eigenvalue weighted by Crippen LogP contribution is 2.37. The van der Waals surface area contributed by atoms with Gasteiger partial charge in [0, 0.05) is 29.5 Å². The summed E-state index contributed by atoms with van der Waals surface area (Å²) in [5.74, 6) is 0. The van der Waals surface area contributed by atoms with Crippen molar-refractivity contribution in [1.29, 1.82) is 0 Å². The molecular formula is C13H21N3. The monoisotopic (exact) mass is 219 g/mol. The van der Waals surface area contributed by atoms with E-state index in [9.17, 15) is 0 Å². The molecule has 1 saturated heterocycles. The molecular weight excluding hydrogens is 198 g/mol. The standard InChI is InChI=1S/C13H21N3/c1-10-7-8-13(2,9-14)16(10)12-5-3-11(15)4-6-12/h3-6,10H,7-9,14-15H2,1-2H3. The van der Waals surface area contributed by atoms with Crippen molar-refractivity contribution in [2.75, 3.05) is 17.2 Å². The third-order valence-corrected chi connectivity index (χ3v) is 3.73. The highest BCUT2D eigenvalue weighted by molar-refractivity contribution is 5.56. The van der Waals surface area contributed by atoms with Gasteiger partial charge in [-0.3, -0.25) is 0 Å². The normalized spacial score (nSPS) is 29.7. The Bertz CT molecular complexity index is 360. The highest BCUT2D eigenvalue weighted by Gasteiger charge is 2.39. The number of anilines is 2. The quantitative estimate of drug-likeness (QED) is 0.748. The maximum atomic E-state index is 5.92. The lowest BCUT2D eigenvalue weighted by molar-refractivity contribution is 0.471. The van der Waals surface area contributed by atoms with E-state index >= 15 is 0 Å². The lowest BCUT2D eigenvalue weighted by Gasteiger charge is -2.39. The van der Waals surface area contributed by atoms with Crippen LogP contribution < -0.4 is 16.4 Å². The Morgan fingerprint density at radius 1 is 1.38 bits per heavy atom. The first-order valence-corrected chi connectivity index (χ1v) is 5.92. The first-order valence-electron chi connectivity index (χ1n) is 5.92. The average Bonchev–Trinajstić information content (AvgIpc) is 2.58. The molecule has 2 rings (SSSR count). The maximum absolute atomic E-state index is 5.92. The lowest BCUT2D eigenvalue weighted by atomic mass is 9.99. The fourth-order valence-electron chi connectivity index (χ4n) is 2.70. The van der Waals surface area contributed by atoms with Crippen molar-refractivity contribution in [3.8, 4) is 0 Å². The first-order chi connectivity index (χ1) is 7.57. The molecule has 16 heavy (non-hydrogen) atoms. The fourth-order valence-corrected chi connectivity index (χ4v) is 2.70. The Balaban J connectivity index is 2.34. The van der Waals surface area contributed by atoms with Gasteiger partial charge in [-0.25, -0.2) is 0 Å². The largest absolute Gasteiger partial charge is 0.399 e. The van der Waals surface area contributed by atoms with Crippen molar-refractivity contribution < 1.29 is 0 Å². The Hall–Kier alpha value is -1.22. The van der Waals surface area contributed by atoms with Gasteiger partial charge >= 0.3 is 0 Å². The molecule has 1 aliphatic rings. The predicted molar refractivity (Wildman–Crippen MR) is 69.5 cm³/mol. The van der Waals surface area contributed by atoms with Crippen LogP contribution in [0.1, 0.15) is 26.7 Å². The van der Waals surface area contributed by atoms with E-state index in [2.05, 4.69) is 30.9 Å². The van der Waals surface area contributed by atoms with Gasteiger partial charge in [0.25, 0.3) is 0 Å². The molecule has 0 saturated carbocycles. The van der Waals surface area contributed by atoms with Gasteiger partial charge in [0.05, 0.1) is 0 Å². The number of nitrogens with zero attached hydrogens (tertiary/aromatic N) is 1. The minimum Gasteiger partial charge on any atom is -0.399 e. The summed E-state index contributed by atoms with van der Waals surface area (Å²) in [4.78, 5) is 2.44. The molecule has 0 bridgehead atoms. The number of benzene rings is 1. The minimum absolute atomic E-state index is 0.0928. The van der Waals surface area contributed by atoms with Crippen LogP contribution in [0.2, 0.25) is 0 Å². The van der Waals surface area contributed by atoms with Gasteiger partial charge in [-0.05, 0) is 51.0 Å². The zero-order valence-electron chi connectivity index (χ0n) is 10.1. The van der Waals surface area contributed by atoms with Crippen LogP contribution in [0.5, 0.6) is 0 Å². The number of nitrogens with two attached hydrogens (primary N) is 2. The highest BCUT2D eigenvalue weighted by atomic mass is 15.3. The van der Waals surface area contributed by atoms with Gasteiger partial charge in [-0.1, -0.05) is 0 Å². The third-order valence-electron chi connectivity index (χ3n) is 3.73. The van der Waals surface area contributed by atoms with E-state index in [1.807, 2.05) is 12.1 Å². The summed E-state index contributed by atoms with van der Waals surface area (Å²) in [6, 6.07) is 8.64. The van der Waals surface area contributed by atoms with Crippen molar-refractivity contribution in [1.82, 2.24) is 0 Å². The van der Waals surface area contributed by atoms with Crippen molar-refractivity contribution in [2.45, 2.75) is 38.3 Å². The van der Waals surface area contributed by atoms with Crippen molar-refractivity contribution in [3.05, 3.63) is 24.3 Å². The molecule has 0 aliphatic carbocycles. The lowest BCUT2D eigenvalue weighted by Crippen LogP contribution is -2.49. The zero-order chi connectivity index (χ0) is 11.8. The van der Waals surface area contributed by atoms with Gasteiger partial charge in [0.15, 0.2) is 0 Å². The Kier molecular flexibility index (Phi) is 2.80. The molecule has 1 heterocycles. The van der Waals surface area contributed by atoms with E-state index in [4.69, 9.17) is 11.5 Å². The molecule has 4 N–H and O–H groups in total. The van der Waals surface area contributed by atoms with Gasteiger partial charge in [0.1, 0.15) is 0 Å². The van der Waals surface area contributed by atoms with Gasteiger partial charge in [-0.2, -0.15) is 0 Å². The van der Waals surface area contributed by atoms with E-state index in [0.29, 0.717) is 12.6 Å². The molecule has 2 unspecified atom stereocenters. The molecule has 0 aromatic heterocycles. The molecule has 88 valence electrons. The van der Waals surface area contributed by atoms with Crippen molar-refractivity contribution >= 4 is 11.4 Å². The smallest absolute Gasteiger partial charge is 0.0499 e. The molecule has 0 amide bonds. The van der Waals surface area contributed by atoms with Crippen LogP contribution in [-0.4, -0.2) is 18.1 Å². The summed E-state index contributed by atoms with van der Waals surface area (Å²) in [5, 5.41) is 0. The SMILES string of the molecule is CC1CCC(C)(CN)N1c1ccc(N)cc1. The summed E-state index contributed by atoms with van der Waals surface area (Å²) in [6.07, 6.45) is 2.37. The van der Waals surface area contributed by atoms with Gasteiger partial charge in [0.2, 0.25) is 0 Å². The molecule has 3 nitrogen and oxygen atoms in total. The molecule has 1 aromatic carbocycles. The molecule has 1 aliphatic heterocycles. The van der Waals surface area contributed by atoms with E-state index < -0.39 is 0 Å². The molecule has 1 aromatic rings. The summed E-state index contributed by atoms with van der Waals surface area (Å²) in [6.45, 7) is 5.20. The third kappa shape index (κ3) is 1.76. The van der Waals surface area contributed by atoms with Crippen LogP contribution in [0.3, 0.4) is 0 Å². The second-order valence-electron chi connectivity index (χ2n) is 5.05. The second-order valence-corrected chi connectivity index (χ2v) is 5.05. The molecule has 3 heteroatoms. The van der Waals surface area contributed by atoms with E-state index in [1.54, 1.807) is 0 Å². The summed E-state index contributed by atoms with van der Waals surface area (Å²) in [7, 11) is 0. The first kappa shape index (κ1) is 11.3. The summed E-state index contributed by atoms with van der Waals surface area (Å²) in [5.41, 5.74) is 13.8. The maximum Gasteiger partial charge on any atom is 0.0499 e. The molecule has 2 atom stereocenters. The van der Waals surface area contributed by atoms with E-state index in [0.717, 1.165) is 12.1 Å². The van der Waals surface area contributed by atoms with Crippen molar-refractivity contribution in [2.24, 2.45) is 5.73 Å². The molecule has 0 radical (unpaired) electrons. The minimum atomic E-state index is 0.0928. The molecule has 0 spiro atoms. The number of rotatable bonds is 2. The Labute approximate surface area is 97.4 Å². The van der Waals surface area contributed by atoms with Crippen LogP contribution in [0.4, 0.5) is 11.4 Å². The summed E-state index contributed by atoms with van der Waals surface area (Å²) >= 11 is 0. The number of hydrogen-bond acceptors (Lipinski definition) is 3. The van der Waals surface area contributed by atoms with Crippen molar-refractivity contribution in [3.63, 3.8) is 0 Å². The fraction of sp³-hybridized carbons (Fsp3) is 0.538. The van der Waals surface area contributed by atoms with Crippen LogP contribution in [0.25, 0.3) is 0 Å². The van der Waals surface area contributed by atoms with Gasteiger partial charge < -0.3 is 16.4 Å². The van der Waals surface area contributed by atoms with Crippen LogP contribution in [-0.2, 0) is 0 Å². The second kappa shape index (κ2) is 3.98. The van der Waals surface area contributed by atoms with E-state index in [1.165, 1.54) is 12.1 Å². The van der Waals surface area contributed by atoms with Crippen LogP contribution in [0, 0.1) is 0 Å². The Morgan fingerprint density at radius 2 is 2.00 bits per heavy atom. The number of nitrogen functional groups attached to an aromatic ring is 1. The number of hydrogen-bond donors (Lipinski definition) is 2. The average molecular weight is 219 g/mol. The Morgan fingerprint density at radius 3 is 2.56 bits per heavy atom. The van der Waals surface area contributed by atoms with E-state index in [-0.39, 0.29) is 5.54 Å². The topological polar surface area (TPSA) is 55.3 Å². The predicted octanol–water partition coefficient (Wildman–Crippen LogP) is 1.97.